The number of benzene rings is 2. The van der Waals surface area contributed by atoms with Crippen molar-refractivity contribution in [2.45, 2.75) is 0 Å². The SMILES string of the molecule is COc1ccc(OC)c(/C=C(/C#N)c2nc(-c3ccc(OC)c(OC)c3)cs2)c1. The highest BCUT2D eigenvalue weighted by molar-refractivity contribution is 7.11. The van der Waals surface area contributed by atoms with Crippen LogP contribution in [0, 0.1) is 11.3 Å². The standard InChI is InChI=1S/C22H20N2O4S/c1-25-17-6-8-19(26-2)15(10-17)9-16(12-23)22-24-18(13-29-22)14-5-7-20(27-3)21(11-14)28-4/h5-11,13H,1-4H3/b16-9-. The molecule has 0 N–H and O–H groups in total. The van der Waals surface area contributed by atoms with Crippen molar-refractivity contribution in [3.63, 3.8) is 0 Å². The molecule has 3 aromatic rings. The van der Waals surface area contributed by atoms with E-state index >= 15 is 0 Å². The number of aromatic nitrogens is 1. The minimum absolute atomic E-state index is 0.438. The molecule has 0 amide bonds. The molecular weight excluding hydrogens is 388 g/mol. The van der Waals surface area contributed by atoms with Crippen LogP contribution < -0.4 is 18.9 Å². The van der Waals surface area contributed by atoms with E-state index in [2.05, 4.69) is 11.1 Å². The molecule has 0 atom stereocenters. The summed E-state index contributed by atoms with van der Waals surface area (Å²) in [5.41, 5.74) is 2.81. The van der Waals surface area contributed by atoms with Crippen molar-refractivity contribution in [2.75, 3.05) is 28.4 Å². The van der Waals surface area contributed by atoms with Gasteiger partial charge in [0.1, 0.15) is 22.6 Å². The zero-order chi connectivity index (χ0) is 20.8. The smallest absolute Gasteiger partial charge is 0.161 e. The number of thiazole rings is 1. The minimum atomic E-state index is 0.438. The van der Waals surface area contributed by atoms with E-state index in [1.807, 2.05) is 29.6 Å². The largest absolute Gasteiger partial charge is 0.497 e. The lowest BCUT2D eigenvalue weighted by molar-refractivity contribution is 0.355. The Bertz CT molecular complexity index is 1080. The van der Waals surface area contributed by atoms with E-state index in [-0.39, 0.29) is 0 Å². The maximum Gasteiger partial charge on any atom is 0.161 e. The molecule has 7 heteroatoms. The molecule has 29 heavy (non-hydrogen) atoms. The zero-order valence-corrected chi connectivity index (χ0v) is 17.4. The second-order valence-corrected chi connectivity index (χ2v) is 6.74. The molecule has 0 spiro atoms. The summed E-state index contributed by atoms with van der Waals surface area (Å²) in [7, 11) is 6.36. The molecule has 6 nitrogen and oxygen atoms in total. The first-order chi connectivity index (χ1) is 14.1. The van der Waals surface area contributed by atoms with Gasteiger partial charge in [-0.05, 0) is 42.5 Å². The molecule has 0 aliphatic heterocycles. The molecule has 0 unspecified atom stereocenters. The van der Waals surface area contributed by atoms with Crippen LogP contribution in [0.25, 0.3) is 22.9 Å². The second-order valence-electron chi connectivity index (χ2n) is 5.89. The molecule has 0 aliphatic rings. The van der Waals surface area contributed by atoms with Crippen LogP contribution in [0.2, 0.25) is 0 Å². The van der Waals surface area contributed by atoms with Crippen LogP contribution in [0.4, 0.5) is 0 Å². The summed E-state index contributed by atoms with van der Waals surface area (Å²) in [5.74, 6) is 2.60. The van der Waals surface area contributed by atoms with Gasteiger partial charge >= 0.3 is 0 Å². The first-order valence-electron chi connectivity index (χ1n) is 8.65. The number of methoxy groups -OCH3 is 4. The van der Waals surface area contributed by atoms with Crippen molar-refractivity contribution >= 4 is 23.0 Å². The fourth-order valence-corrected chi connectivity index (χ4v) is 3.57. The number of allylic oxidation sites excluding steroid dienone is 1. The van der Waals surface area contributed by atoms with Crippen LogP contribution in [-0.4, -0.2) is 33.4 Å². The highest BCUT2D eigenvalue weighted by Crippen LogP contribution is 2.34. The summed E-state index contributed by atoms with van der Waals surface area (Å²) in [6, 6.07) is 13.2. The van der Waals surface area contributed by atoms with Gasteiger partial charge in [-0.25, -0.2) is 4.98 Å². The lowest BCUT2D eigenvalue weighted by Crippen LogP contribution is -1.91. The Labute approximate surface area is 173 Å². The van der Waals surface area contributed by atoms with Crippen molar-refractivity contribution in [1.29, 1.82) is 5.26 Å². The Morgan fingerprint density at radius 2 is 1.66 bits per heavy atom. The number of nitriles is 1. The van der Waals surface area contributed by atoms with Gasteiger partial charge in [0, 0.05) is 16.5 Å². The van der Waals surface area contributed by atoms with E-state index in [1.54, 1.807) is 46.6 Å². The Morgan fingerprint density at radius 1 is 0.931 bits per heavy atom. The van der Waals surface area contributed by atoms with Crippen molar-refractivity contribution in [2.24, 2.45) is 0 Å². The van der Waals surface area contributed by atoms with Crippen molar-refractivity contribution in [1.82, 2.24) is 4.98 Å². The van der Waals surface area contributed by atoms with E-state index in [4.69, 9.17) is 18.9 Å². The Kier molecular flexibility index (Phi) is 6.37. The van der Waals surface area contributed by atoms with Gasteiger partial charge in [-0.3, -0.25) is 0 Å². The highest BCUT2D eigenvalue weighted by Gasteiger charge is 2.13. The average Bonchev–Trinajstić information content (AvgIpc) is 3.26. The monoisotopic (exact) mass is 408 g/mol. The van der Waals surface area contributed by atoms with Crippen molar-refractivity contribution in [3.05, 3.63) is 52.3 Å². The Hall–Kier alpha value is -3.50. The van der Waals surface area contributed by atoms with Gasteiger partial charge in [-0.1, -0.05) is 0 Å². The van der Waals surface area contributed by atoms with E-state index in [1.165, 1.54) is 11.3 Å². The van der Waals surface area contributed by atoms with E-state index in [0.717, 1.165) is 16.8 Å². The molecule has 0 bridgehead atoms. The maximum atomic E-state index is 9.70. The topological polar surface area (TPSA) is 73.6 Å². The molecule has 148 valence electrons. The number of hydrogen-bond acceptors (Lipinski definition) is 7. The van der Waals surface area contributed by atoms with E-state index < -0.39 is 0 Å². The molecule has 2 aromatic carbocycles. The predicted molar refractivity (Wildman–Crippen MR) is 114 cm³/mol. The third kappa shape index (κ3) is 4.33. The van der Waals surface area contributed by atoms with Gasteiger partial charge in [-0.15, -0.1) is 11.3 Å². The first kappa shape index (κ1) is 20.2. The first-order valence-corrected chi connectivity index (χ1v) is 9.53. The Morgan fingerprint density at radius 3 is 2.31 bits per heavy atom. The lowest BCUT2D eigenvalue weighted by Gasteiger charge is -2.08. The van der Waals surface area contributed by atoms with Crippen LogP contribution >= 0.6 is 11.3 Å². The van der Waals surface area contributed by atoms with Gasteiger partial charge < -0.3 is 18.9 Å². The fourth-order valence-electron chi connectivity index (χ4n) is 2.78. The van der Waals surface area contributed by atoms with Gasteiger partial charge in [0.15, 0.2) is 11.5 Å². The maximum absolute atomic E-state index is 9.70. The number of ether oxygens (including phenoxy) is 4. The summed E-state index contributed by atoms with van der Waals surface area (Å²) in [5, 5.41) is 12.2. The number of nitrogens with zero attached hydrogens (tertiary/aromatic N) is 2. The molecule has 0 saturated heterocycles. The summed E-state index contributed by atoms with van der Waals surface area (Å²) in [6.45, 7) is 0. The zero-order valence-electron chi connectivity index (χ0n) is 16.6. The third-order valence-electron chi connectivity index (χ3n) is 4.27. The second kappa shape index (κ2) is 9.13. The quantitative estimate of drug-likeness (QED) is 0.517. The van der Waals surface area contributed by atoms with Gasteiger partial charge in [0.05, 0.1) is 39.7 Å². The Balaban J connectivity index is 1.99. The van der Waals surface area contributed by atoms with Crippen LogP contribution in [0.1, 0.15) is 10.6 Å². The highest BCUT2D eigenvalue weighted by atomic mass is 32.1. The molecular formula is C22H20N2O4S. The van der Waals surface area contributed by atoms with Gasteiger partial charge in [-0.2, -0.15) is 5.26 Å². The van der Waals surface area contributed by atoms with E-state index in [0.29, 0.717) is 33.6 Å². The average molecular weight is 408 g/mol. The summed E-state index contributed by atoms with van der Waals surface area (Å²) >= 11 is 1.40. The summed E-state index contributed by atoms with van der Waals surface area (Å²) in [4.78, 5) is 4.64. The van der Waals surface area contributed by atoms with Crippen LogP contribution in [0.15, 0.2) is 41.8 Å². The molecule has 1 heterocycles. The number of hydrogen-bond donors (Lipinski definition) is 0. The van der Waals surface area contributed by atoms with Gasteiger partial charge in [0.2, 0.25) is 0 Å². The van der Waals surface area contributed by atoms with Crippen LogP contribution in [-0.2, 0) is 0 Å². The molecule has 0 aliphatic carbocycles. The summed E-state index contributed by atoms with van der Waals surface area (Å²) < 4.78 is 21.3. The van der Waals surface area contributed by atoms with Crippen LogP contribution in [0.3, 0.4) is 0 Å². The summed E-state index contributed by atoms with van der Waals surface area (Å²) in [6.07, 6.45) is 1.75. The molecule has 0 fully saturated rings. The molecule has 0 radical (unpaired) electrons. The minimum Gasteiger partial charge on any atom is -0.497 e. The van der Waals surface area contributed by atoms with Crippen molar-refractivity contribution < 1.29 is 18.9 Å². The van der Waals surface area contributed by atoms with Crippen LogP contribution in [0.5, 0.6) is 23.0 Å². The van der Waals surface area contributed by atoms with Gasteiger partial charge in [0.25, 0.3) is 0 Å². The number of rotatable bonds is 7. The predicted octanol–water partition coefficient (Wildman–Crippen LogP) is 4.91. The molecule has 0 saturated carbocycles. The van der Waals surface area contributed by atoms with Crippen molar-refractivity contribution in [3.8, 4) is 40.3 Å². The normalized spacial score (nSPS) is 10.9. The molecule has 1 aromatic heterocycles. The third-order valence-corrected chi connectivity index (χ3v) is 5.15. The van der Waals surface area contributed by atoms with E-state index in [9.17, 15) is 5.26 Å². The lowest BCUT2D eigenvalue weighted by atomic mass is 10.1. The molecule has 3 rings (SSSR count). The fraction of sp³-hybridized carbons (Fsp3) is 0.182.